The van der Waals surface area contributed by atoms with E-state index in [0.717, 1.165) is 12.8 Å². The van der Waals surface area contributed by atoms with Crippen molar-refractivity contribution in [3.05, 3.63) is 23.8 Å². The molecule has 0 radical (unpaired) electrons. The first kappa shape index (κ1) is 46.2. The van der Waals surface area contributed by atoms with Crippen LogP contribution in [-0.2, 0) is 14.4 Å². The number of hydrogen-bond acceptors (Lipinski definition) is 11. The minimum absolute atomic E-state index is 0.0110. The van der Waals surface area contributed by atoms with Crippen LogP contribution in [0.2, 0.25) is 0 Å². The van der Waals surface area contributed by atoms with Crippen molar-refractivity contribution in [1.29, 1.82) is 0 Å². The molecule has 4 N–H and O–H groups in total. The number of likely N-dealkylation sites (N-methyl/N-ethyl adjacent to an activating group) is 1. The quantitative estimate of drug-likeness (QED) is 0.0627. The van der Waals surface area contributed by atoms with Gasteiger partial charge in [-0.15, -0.1) is 0 Å². The van der Waals surface area contributed by atoms with Crippen LogP contribution in [0, 0.1) is 0 Å². The molecular weight excluding hydrogens is 791 g/mol. The molecule has 17 heteroatoms. The lowest BCUT2D eigenvalue weighted by atomic mass is 10.1. The number of carbonyl (C=O) groups is 4. The maximum absolute atomic E-state index is 12.5. The van der Waals surface area contributed by atoms with Gasteiger partial charge in [0.2, 0.25) is 11.8 Å². The number of rotatable bonds is 15. The number of unbranched alkanes of at least 4 members (excludes halogenated alkanes) is 1. The van der Waals surface area contributed by atoms with Gasteiger partial charge in [0.1, 0.15) is 0 Å². The molecule has 8 nitrogen and oxygen atoms in total. The third kappa shape index (κ3) is 29.2. The molecule has 0 aliphatic rings. The molecule has 1 aromatic rings. The molecule has 0 heterocycles. The predicted octanol–water partition coefficient (Wildman–Crippen LogP) is 7.13. The molecule has 0 spiro atoms. The second-order valence-corrected chi connectivity index (χ2v) is 16.8. The Hall–Kier alpha value is 0.750. The van der Waals surface area contributed by atoms with Gasteiger partial charge in [-0.3, -0.25) is 19.2 Å². The Labute approximate surface area is 289 Å². The molecule has 1 aromatic carbocycles. The van der Waals surface area contributed by atoms with E-state index < -0.39 is 0 Å². The molecule has 0 aliphatic carbocycles. The van der Waals surface area contributed by atoms with Gasteiger partial charge in [-0.05, 0) is 82.0 Å². The van der Waals surface area contributed by atoms with Crippen LogP contribution in [0.25, 0.3) is 0 Å². The first-order chi connectivity index (χ1) is 19.5. The van der Waals surface area contributed by atoms with Crippen LogP contribution in [0.3, 0.4) is 0 Å². The maximum Gasteiger partial charge on any atom is 0.251 e. The normalized spacial score (nSPS) is 10.3. The number of nitrogens with one attached hydrogen (secondary N) is 4. The Balaban J connectivity index is -0.00000101. The van der Waals surface area contributed by atoms with Crippen molar-refractivity contribution in [2.24, 2.45) is 0 Å². The van der Waals surface area contributed by atoms with Crippen molar-refractivity contribution in [1.82, 2.24) is 10.6 Å². The first-order valence-electron chi connectivity index (χ1n) is 11.9. The molecule has 0 aliphatic heterocycles. The van der Waals surface area contributed by atoms with E-state index in [-0.39, 0.29) is 39.9 Å². The highest BCUT2D eigenvalue weighted by Gasteiger charge is 2.13. The smallest absolute Gasteiger partial charge is 0.251 e. The molecule has 0 saturated carbocycles. The summed E-state index contributed by atoms with van der Waals surface area (Å²) < 4.78 is 0. The van der Waals surface area contributed by atoms with Gasteiger partial charge < -0.3 is 21.3 Å². The maximum atomic E-state index is 12.5. The van der Waals surface area contributed by atoms with Gasteiger partial charge in [0.25, 0.3) is 5.91 Å². The zero-order chi connectivity index (χ0) is 32.1. The van der Waals surface area contributed by atoms with Crippen molar-refractivity contribution >= 4 is 140 Å². The zero-order valence-electron chi connectivity index (χ0n) is 24.5. The van der Waals surface area contributed by atoms with E-state index in [1.165, 1.54) is 0 Å². The number of benzene rings is 1. The summed E-state index contributed by atoms with van der Waals surface area (Å²) in [7, 11) is 14.5. The lowest BCUT2D eigenvalue weighted by Gasteiger charge is -2.13. The van der Waals surface area contributed by atoms with Crippen molar-refractivity contribution in [3.63, 3.8) is 0 Å². The van der Waals surface area contributed by atoms with Gasteiger partial charge in [-0.25, -0.2) is 0 Å². The van der Waals surface area contributed by atoms with E-state index in [2.05, 4.69) is 99.9 Å². The van der Waals surface area contributed by atoms with Gasteiger partial charge in [0.15, 0.2) is 5.52 Å². The summed E-state index contributed by atoms with van der Waals surface area (Å²) >= 11 is 6.14. The highest BCUT2D eigenvalue weighted by Crippen LogP contribution is 2.20. The second-order valence-electron chi connectivity index (χ2n) is 7.16. The Morgan fingerprint density at radius 2 is 1.17 bits per heavy atom. The molecule has 0 saturated heterocycles. The minimum atomic E-state index is -0.318. The first-order valence-corrected chi connectivity index (χ1v) is 23.6. The number of amides is 3. The van der Waals surface area contributed by atoms with Gasteiger partial charge in [0, 0.05) is 23.5 Å². The van der Waals surface area contributed by atoms with Gasteiger partial charge >= 0.3 is 0 Å². The molecule has 0 aromatic heterocycles. The second kappa shape index (κ2) is 33.6. The third-order valence-corrected chi connectivity index (χ3v) is 9.82. The van der Waals surface area contributed by atoms with Crippen LogP contribution in [0.4, 0.5) is 11.4 Å². The van der Waals surface area contributed by atoms with E-state index >= 15 is 0 Å². The number of carbonyl (C=O) groups excluding carboxylic acids is 4. The summed E-state index contributed by atoms with van der Waals surface area (Å²) in [6.45, 7) is 0.446. The highest BCUT2D eigenvalue weighted by atomic mass is 79.9. The number of anilines is 2. The predicted molar refractivity (Wildman–Crippen MR) is 206 cm³/mol. The van der Waals surface area contributed by atoms with Gasteiger partial charge in [0.05, 0.1) is 16.7 Å². The fraction of sp³-hybridized carbons (Fsp3) is 0.583. The van der Waals surface area contributed by atoms with Gasteiger partial charge in [-0.2, -0.15) is 0 Å². The molecule has 3 amide bonds. The number of alkyl halides is 2. The van der Waals surface area contributed by atoms with Gasteiger partial charge in [-0.1, -0.05) is 106 Å². The summed E-state index contributed by atoms with van der Waals surface area (Å²) in [5.74, 6) is -0.868. The van der Waals surface area contributed by atoms with E-state index in [9.17, 15) is 19.2 Å². The summed E-state index contributed by atoms with van der Waals surface area (Å²) in [5, 5.41) is 11.3. The van der Waals surface area contributed by atoms with Crippen LogP contribution in [0.15, 0.2) is 18.2 Å². The van der Waals surface area contributed by atoms with Crippen molar-refractivity contribution in [2.75, 3.05) is 72.4 Å². The molecule has 0 bridgehead atoms. The summed E-state index contributed by atoms with van der Waals surface area (Å²) in [6, 6.07) is 4.47. The Bertz CT molecular complexity index is 815. The Morgan fingerprint density at radius 1 is 0.756 bits per heavy atom. The molecular formula is C24H43Br2N4O4PS6. The third-order valence-electron chi connectivity index (χ3n) is 4.40. The van der Waals surface area contributed by atoms with E-state index in [1.807, 2.05) is 0 Å². The fourth-order valence-corrected chi connectivity index (χ4v) is 3.11. The monoisotopic (exact) mass is 832 g/mol. The van der Waals surface area contributed by atoms with Crippen molar-refractivity contribution in [3.8, 4) is 0 Å². The lowest BCUT2D eigenvalue weighted by Crippen LogP contribution is -2.31. The summed E-state index contributed by atoms with van der Waals surface area (Å²) in [4.78, 5) is 47.1. The van der Waals surface area contributed by atoms with E-state index in [1.54, 1.807) is 90.0 Å². The molecule has 238 valence electrons. The molecule has 0 fully saturated rings. The Kier molecular flexibility index (Phi) is 37.9. The number of hydrogen-bond donors (Lipinski definition) is 4. The molecule has 1 rings (SSSR count). The fourth-order valence-electron chi connectivity index (χ4n) is 2.50. The van der Waals surface area contributed by atoms with Crippen LogP contribution in [0.5, 0.6) is 0 Å². The van der Waals surface area contributed by atoms with Crippen molar-refractivity contribution < 1.29 is 19.2 Å². The standard InChI is InChI=1S/C18H25Br2N4O4P.3C2H6S2/c1-21-14(18(28)29)4-2-3-5-22-17(27)11-6-12(23-15(25)9-19)8-13(7-11)24-16(26)10-20;3*1-3-4-2/h6-8,14,21H,2-5,9-10,29H2,1H3,(H,22,27)(H,23,25)(H,24,26);3*1-2H3/t14-;;;/m0.../s1. The largest absolute Gasteiger partial charge is 0.352 e. The summed E-state index contributed by atoms with van der Waals surface area (Å²) in [6.07, 6.45) is 14.5. The summed E-state index contributed by atoms with van der Waals surface area (Å²) in [5.41, 5.74) is 1.14. The Morgan fingerprint density at radius 3 is 1.49 bits per heavy atom. The van der Waals surface area contributed by atoms with Crippen LogP contribution in [-0.4, -0.2) is 91.1 Å². The van der Waals surface area contributed by atoms with Crippen LogP contribution < -0.4 is 21.3 Å². The molecule has 2 atom stereocenters. The topological polar surface area (TPSA) is 116 Å². The van der Waals surface area contributed by atoms with Crippen LogP contribution in [0.1, 0.15) is 29.6 Å². The van der Waals surface area contributed by atoms with Crippen LogP contribution >= 0.6 is 106 Å². The van der Waals surface area contributed by atoms with E-state index in [0.29, 0.717) is 29.9 Å². The average molecular weight is 835 g/mol. The molecule has 41 heavy (non-hydrogen) atoms. The lowest BCUT2D eigenvalue weighted by molar-refractivity contribution is -0.114. The molecule has 1 unspecified atom stereocenters. The number of halogens is 2. The average Bonchev–Trinajstić information content (AvgIpc) is 2.98. The van der Waals surface area contributed by atoms with E-state index in [4.69, 9.17) is 0 Å². The highest BCUT2D eigenvalue weighted by molar-refractivity contribution is 9.09. The van der Waals surface area contributed by atoms with Crippen molar-refractivity contribution in [2.45, 2.75) is 25.3 Å². The zero-order valence-corrected chi connectivity index (χ0v) is 33.7. The minimum Gasteiger partial charge on any atom is -0.352 e. The SMILES string of the molecule is CN[C@@H](CCCCNC(=O)c1cc(NC(=O)CBr)cc(NC(=O)CBr)c1)C(=O)P.CSSC.CSSC.CSSC.